The number of hydrogen-bond donors (Lipinski definition) is 0. The van der Waals surface area contributed by atoms with Crippen LogP contribution in [0.5, 0.6) is 0 Å². The van der Waals surface area contributed by atoms with Crippen molar-refractivity contribution in [1.82, 2.24) is 24.6 Å². The Labute approximate surface area is 190 Å². The number of thioether (sulfide) groups is 1. The van der Waals surface area contributed by atoms with Crippen LogP contribution in [-0.4, -0.2) is 43.4 Å². The molecule has 0 aliphatic rings. The Balaban J connectivity index is 1.51. The lowest BCUT2D eigenvalue weighted by Crippen LogP contribution is -2.28. The molecule has 8 heteroatoms. The van der Waals surface area contributed by atoms with E-state index in [9.17, 15) is 9.18 Å². The molecule has 4 rings (SSSR count). The van der Waals surface area contributed by atoms with Gasteiger partial charge in [-0.3, -0.25) is 14.3 Å². The van der Waals surface area contributed by atoms with Crippen molar-refractivity contribution in [3.63, 3.8) is 0 Å². The number of carbonyl (C=O) groups is 1. The molecule has 6 nitrogen and oxygen atoms in total. The van der Waals surface area contributed by atoms with Crippen LogP contribution in [0.4, 0.5) is 4.39 Å². The van der Waals surface area contributed by atoms with E-state index in [1.165, 1.54) is 22.7 Å². The molecule has 0 fully saturated rings. The van der Waals surface area contributed by atoms with Gasteiger partial charge in [-0.2, -0.15) is 0 Å². The Hall–Kier alpha value is -3.52. The molecule has 162 valence electrons. The smallest absolute Gasteiger partial charge is 0.233 e. The first kappa shape index (κ1) is 21.7. The SMILES string of the molecule is CN(Cc1ccccc1F)C(=O)CSc1nnc(-c2cccnc2)n1Cc1ccccc1. The summed E-state index contributed by atoms with van der Waals surface area (Å²) in [5.41, 5.74) is 2.44. The summed E-state index contributed by atoms with van der Waals surface area (Å²) in [6, 6.07) is 20.3. The van der Waals surface area contributed by atoms with Gasteiger partial charge in [0.2, 0.25) is 5.91 Å². The van der Waals surface area contributed by atoms with Crippen LogP contribution in [-0.2, 0) is 17.9 Å². The zero-order valence-electron chi connectivity index (χ0n) is 17.6. The lowest BCUT2D eigenvalue weighted by molar-refractivity contribution is -0.127. The van der Waals surface area contributed by atoms with E-state index >= 15 is 0 Å². The molecule has 0 spiro atoms. The van der Waals surface area contributed by atoms with Crippen molar-refractivity contribution < 1.29 is 9.18 Å². The third kappa shape index (κ3) is 5.20. The zero-order valence-corrected chi connectivity index (χ0v) is 18.4. The second kappa shape index (κ2) is 10.2. The lowest BCUT2D eigenvalue weighted by Gasteiger charge is -2.17. The second-order valence-electron chi connectivity index (χ2n) is 7.25. The summed E-state index contributed by atoms with van der Waals surface area (Å²) in [5, 5.41) is 9.34. The van der Waals surface area contributed by atoms with Crippen molar-refractivity contribution in [2.24, 2.45) is 0 Å². The standard InChI is InChI=1S/C24H22FN5OS/c1-29(16-20-10-5-6-12-21(20)25)22(31)17-32-24-28-27-23(19-11-7-13-26-14-19)30(24)15-18-8-3-2-4-9-18/h2-14H,15-17H2,1H3. The quantitative estimate of drug-likeness (QED) is 0.377. The Kier molecular flexibility index (Phi) is 6.91. The van der Waals surface area contributed by atoms with Crippen LogP contribution in [0.25, 0.3) is 11.4 Å². The van der Waals surface area contributed by atoms with Gasteiger partial charge in [0.1, 0.15) is 5.82 Å². The minimum absolute atomic E-state index is 0.115. The van der Waals surface area contributed by atoms with Gasteiger partial charge >= 0.3 is 0 Å². The molecule has 0 bridgehead atoms. The van der Waals surface area contributed by atoms with Gasteiger partial charge in [-0.05, 0) is 23.8 Å². The number of pyridine rings is 1. The summed E-state index contributed by atoms with van der Waals surface area (Å²) in [6.07, 6.45) is 3.45. The fourth-order valence-electron chi connectivity index (χ4n) is 3.22. The van der Waals surface area contributed by atoms with Crippen molar-refractivity contribution in [2.75, 3.05) is 12.8 Å². The topological polar surface area (TPSA) is 63.9 Å². The number of rotatable bonds is 8. The van der Waals surface area contributed by atoms with E-state index in [0.29, 0.717) is 23.1 Å². The molecular formula is C24H22FN5OS. The van der Waals surface area contributed by atoms with Gasteiger partial charge in [0.15, 0.2) is 11.0 Å². The Morgan fingerprint density at radius 2 is 1.81 bits per heavy atom. The highest BCUT2D eigenvalue weighted by Crippen LogP contribution is 2.25. The molecule has 0 aliphatic heterocycles. The fraction of sp³-hybridized carbons (Fsp3) is 0.167. The number of aromatic nitrogens is 4. The predicted octanol–water partition coefficient (Wildman–Crippen LogP) is 4.28. The van der Waals surface area contributed by atoms with Gasteiger partial charge in [-0.15, -0.1) is 10.2 Å². The van der Waals surface area contributed by atoms with Gasteiger partial charge in [0, 0.05) is 37.1 Å². The Morgan fingerprint density at radius 3 is 2.56 bits per heavy atom. The van der Waals surface area contributed by atoms with E-state index in [0.717, 1.165) is 11.1 Å². The van der Waals surface area contributed by atoms with Crippen molar-refractivity contribution in [3.8, 4) is 11.4 Å². The van der Waals surface area contributed by atoms with Crippen LogP contribution in [0.1, 0.15) is 11.1 Å². The van der Waals surface area contributed by atoms with E-state index in [4.69, 9.17) is 0 Å². The monoisotopic (exact) mass is 447 g/mol. The zero-order chi connectivity index (χ0) is 22.3. The average Bonchev–Trinajstić information content (AvgIpc) is 3.22. The van der Waals surface area contributed by atoms with Crippen molar-refractivity contribution in [3.05, 3.63) is 96.1 Å². The molecule has 0 N–H and O–H groups in total. The first-order chi connectivity index (χ1) is 15.6. The van der Waals surface area contributed by atoms with Crippen LogP contribution in [0.15, 0.2) is 84.3 Å². The van der Waals surface area contributed by atoms with Crippen molar-refractivity contribution in [1.29, 1.82) is 0 Å². The van der Waals surface area contributed by atoms with Gasteiger partial charge in [-0.1, -0.05) is 60.3 Å². The summed E-state index contributed by atoms with van der Waals surface area (Å²) in [6.45, 7) is 0.781. The normalized spacial score (nSPS) is 10.8. The molecule has 0 aliphatic carbocycles. The Morgan fingerprint density at radius 1 is 1.03 bits per heavy atom. The maximum Gasteiger partial charge on any atom is 0.233 e. The molecule has 0 saturated heterocycles. The maximum absolute atomic E-state index is 13.9. The third-order valence-electron chi connectivity index (χ3n) is 4.94. The highest BCUT2D eigenvalue weighted by Gasteiger charge is 2.18. The van der Waals surface area contributed by atoms with E-state index in [1.807, 2.05) is 47.0 Å². The minimum atomic E-state index is -0.316. The summed E-state index contributed by atoms with van der Waals surface area (Å²) < 4.78 is 15.9. The largest absolute Gasteiger partial charge is 0.341 e. The third-order valence-corrected chi connectivity index (χ3v) is 5.89. The number of benzene rings is 2. The second-order valence-corrected chi connectivity index (χ2v) is 8.19. The molecule has 0 atom stereocenters. The molecule has 1 amide bonds. The van der Waals surface area contributed by atoms with E-state index in [-0.39, 0.29) is 24.0 Å². The van der Waals surface area contributed by atoms with Crippen molar-refractivity contribution in [2.45, 2.75) is 18.2 Å². The number of nitrogens with zero attached hydrogens (tertiary/aromatic N) is 5. The summed E-state index contributed by atoms with van der Waals surface area (Å²) >= 11 is 1.32. The fourth-order valence-corrected chi connectivity index (χ4v) is 4.10. The maximum atomic E-state index is 13.9. The van der Waals surface area contributed by atoms with Crippen LogP contribution in [0.3, 0.4) is 0 Å². The molecule has 2 aromatic carbocycles. The predicted molar refractivity (Wildman–Crippen MR) is 122 cm³/mol. The molecule has 2 heterocycles. The lowest BCUT2D eigenvalue weighted by atomic mass is 10.2. The molecule has 4 aromatic rings. The van der Waals surface area contributed by atoms with E-state index in [1.54, 1.807) is 37.6 Å². The molecule has 0 unspecified atom stereocenters. The van der Waals surface area contributed by atoms with Crippen LogP contribution in [0.2, 0.25) is 0 Å². The minimum Gasteiger partial charge on any atom is -0.341 e. The van der Waals surface area contributed by atoms with Gasteiger partial charge < -0.3 is 4.90 Å². The van der Waals surface area contributed by atoms with Crippen molar-refractivity contribution >= 4 is 17.7 Å². The molecule has 32 heavy (non-hydrogen) atoms. The average molecular weight is 448 g/mol. The number of hydrogen-bond acceptors (Lipinski definition) is 5. The van der Waals surface area contributed by atoms with E-state index in [2.05, 4.69) is 15.2 Å². The summed E-state index contributed by atoms with van der Waals surface area (Å²) in [5.74, 6) is 0.431. The number of halogens is 1. The van der Waals surface area contributed by atoms with Crippen LogP contribution < -0.4 is 0 Å². The van der Waals surface area contributed by atoms with Gasteiger partial charge in [0.05, 0.1) is 12.3 Å². The van der Waals surface area contributed by atoms with Crippen LogP contribution in [0, 0.1) is 5.82 Å². The highest BCUT2D eigenvalue weighted by atomic mass is 32.2. The molecule has 2 aromatic heterocycles. The Bertz CT molecular complexity index is 1180. The first-order valence-corrected chi connectivity index (χ1v) is 11.1. The number of carbonyl (C=O) groups excluding carboxylic acids is 1. The highest BCUT2D eigenvalue weighted by molar-refractivity contribution is 7.99. The van der Waals surface area contributed by atoms with Gasteiger partial charge in [-0.25, -0.2) is 4.39 Å². The molecule has 0 radical (unpaired) electrons. The van der Waals surface area contributed by atoms with Crippen LogP contribution >= 0.6 is 11.8 Å². The summed E-state index contributed by atoms with van der Waals surface area (Å²) in [7, 11) is 1.67. The molecule has 0 saturated carbocycles. The van der Waals surface area contributed by atoms with Gasteiger partial charge in [0.25, 0.3) is 0 Å². The summed E-state index contributed by atoms with van der Waals surface area (Å²) in [4.78, 5) is 18.4. The number of amides is 1. The molecular weight excluding hydrogens is 425 g/mol. The van der Waals surface area contributed by atoms with E-state index < -0.39 is 0 Å². The first-order valence-electron chi connectivity index (χ1n) is 10.1.